The van der Waals surface area contributed by atoms with Crippen LogP contribution < -0.4 is 5.32 Å². The zero-order valence-electron chi connectivity index (χ0n) is 20.8. The van der Waals surface area contributed by atoms with Crippen molar-refractivity contribution in [2.75, 3.05) is 26.2 Å². The van der Waals surface area contributed by atoms with E-state index in [9.17, 15) is 18.3 Å². The standard InChI is InChI=1S/C26H31ClN4O5S/c1-18-25(19(2)36-29-18)37(34,35)31(14-20-8-4-3-5-9-20)17-22(32)16-30-13-12-21(15-30)28-26(33)23-10-6-7-11-24(23)27/h3-11,21-22,32H,12-17H2,1-2H3,(H,28,33). The number of aliphatic hydroxyl groups is 1. The highest BCUT2D eigenvalue weighted by molar-refractivity contribution is 7.89. The minimum Gasteiger partial charge on any atom is -0.390 e. The highest BCUT2D eigenvalue weighted by atomic mass is 35.5. The number of hydrogen-bond acceptors (Lipinski definition) is 7. The number of carbonyl (C=O) groups is 1. The van der Waals surface area contributed by atoms with Crippen LogP contribution in [0.4, 0.5) is 0 Å². The number of halogens is 1. The third kappa shape index (κ3) is 6.58. The van der Waals surface area contributed by atoms with Gasteiger partial charge in [-0.3, -0.25) is 9.69 Å². The van der Waals surface area contributed by atoms with Gasteiger partial charge < -0.3 is 14.9 Å². The Bertz CT molecular complexity index is 1310. The molecular weight excluding hydrogens is 516 g/mol. The monoisotopic (exact) mass is 546 g/mol. The summed E-state index contributed by atoms with van der Waals surface area (Å²) < 4.78 is 33.6. The maximum absolute atomic E-state index is 13.6. The largest absolute Gasteiger partial charge is 0.390 e. The van der Waals surface area contributed by atoms with Crippen LogP contribution in [0.25, 0.3) is 0 Å². The lowest BCUT2D eigenvalue weighted by atomic mass is 10.2. The van der Waals surface area contributed by atoms with E-state index in [1.54, 1.807) is 38.1 Å². The van der Waals surface area contributed by atoms with Gasteiger partial charge in [-0.15, -0.1) is 0 Å². The number of likely N-dealkylation sites (tertiary alicyclic amines) is 1. The van der Waals surface area contributed by atoms with Crippen molar-refractivity contribution >= 4 is 27.5 Å². The summed E-state index contributed by atoms with van der Waals surface area (Å²) in [6.45, 7) is 4.62. The topological polar surface area (TPSA) is 116 Å². The summed E-state index contributed by atoms with van der Waals surface area (Å²) in [7, 11) is -3.98. The molecule has 2 unspecified atom stereocenters. The Morgan fingerprint density at radius 3 is 2.59 bits per heavy atom. The van der Waals surface area contributed by atoms with E-state index in [0.29, 0.717) is 30.1 Å². The second-order valence-corrected chi connectivity index (χ2v) is 11.6. The molecule has 2 aromatic carbocycles. The molecule has 37 heavy (non-hydrogen) atoms. The van der Waals surface area contributed by atoms with Crippen LogP contribution in [0.2, 0.25) is 5.02 Å². The number of aromatic nitrogens is 1. The molecule has 9 nitrogen and oxygen atoms in total. The Balaban J connectivity index is 1.41. The van der Waals surface area contributed by atoms with Crippen molar-refractivity contribution in [1.82, 2.24) is 19.7 Å². The maximum Gasteiger partial charge on any atom is 0.253 e. The van der Waals surface area contributed by atoms with E-state index in [1.165, 1.54) is 4.31 Å². The molecule has 0 aliphatic carbocycles. The maximum atomic E-state index is 13.6. The summed E-state index contributed by atoms with van der Waals surface area (Å²) in [5.41, 5.74) is 1.50. The lowest BCUT2D eigenvalue weighted by Gasteiger charge is -2.27. The van der Waals surface area contributed by atoms with Gasteiger partial charge in [0.2, 0.25) is 10.0 Å². The molecule has 4 rings (SSSR count). The number of carbonyl (C=O) groups excluding carboxylic acids is 1. The Kier molecular flexibility index (Phi) is 8.66. The van der Waals surface area contributed by atoms with Gasteiger partial charge in [-0.25, -0.2) is 8.42 Å². The third-order valence-corrected chi connectivity index (χ3v) is 8.76. The summed E-state index contributed by atoms with van der Waals surface area (Å²) in [4.78, 5) is 14.6. The van der Waals surface area contributed by atoms with E-state index in [0.717, 1.165) is 5.56 Å². The number of aryl methyl sites for hydroxylation is 2. The molecule has 3 aromatic rings. The van der Waals surface area contributed by atoms with E-state index >= 15 is 0 Å². The third-order valence-electron chi connectivity index (χ3n) is 6.38. The van der Waals surface area contributed by atoms with Crippen LogP contribution in [-0.2, 0) is 16.6 Å². The van der Waals surface area contributed by atoms with Crippen molar-refractivity contribution in [2.24, 2.45) is 0 Å². The molecule has 1 amide bonds. The fourth-order valence-corrected chi connectivity index (χ4v) is 6.60. The second kappa shape index (κ2) is 11.7. The number of sulfonamides is 1. The first-order valence-electron chi connectivity index (χ1n) is 12.1. The lowest BCUT2D eigenvalue weighted by molar-refractivity contribution is 0.0925. The number of nitrogens with zero attached hydrogens (tertiary/aromatic N) is 3. The van der Waals surface area contributed by atoms with Crippen LogP contribution in [0.15, 0.2) is 64.0 Å². The molecular formula is C26H31ClN4O5S. The number of benzene rings is 2. The zero-order chi connectivity index (χ0) is 26.6. The first-order valence-corrected chi connectivity index (χ1v) is 13.9. The number of rotatable bonds is 10. The predicted molar refractivity (Wildman–Crippen MR) is 140 cm³/mol. The van der Waals surface area contributed by atoms with E-state index in [-0.39, 0.29) is 47.9 Å². The predicted octanol–water partition coefficient (Wildman–Crippen LogP) is 3.00. The van der Waals surface area contributed by atoms with Crippen molar-refractivity contribution in [3.63, 3.8) is 0 Å². The van der Waals surface area contributed by atoms with Crippen molar-refractivity contribution in [1.29, 1.82) is 0 Å². The molecule has 1 aliphatic heterocycles. The van der Waals surface area contributed by atoms with Gasteiger partial charge in [0.25, 0.3) is 5.91 Å². The molecule has 198 valence electrons. The first-order chi connectivity index (χ1) is 17.6. The first kappa shape index (κ1) is 27.3. The zero-order valence-corrected chi connectivity index (χ0v) is 22.4. The van der Waals surface area contributed by atoms with Crippen LogP contribution in [0.5, 0.6) is 0 Å². The van der Waals surface area contributed by atoms with Gasteiger partial charge in [0.15, 0.2) is 5.76 Å². The Morgan fingerprint density at radius 2 is 1.92 bits per heavy atom. The van der Waals surface area contributed by atoms with E-state index in [2.05, 4.69) is 10.5 Å². The van der Waals surface area contributed by atoms with Crippen molar-refractivity contribution < 1.29 is 22.8 Å². The Morgan fingerprint density at radius 1 is 1.22 bits per heavy atom. The van der Waals surface area contributed by atoms with Crippen LogP contribution in [0.1, 0.15) is 33.8 Å². The summed E-state index contributed by atoms with van der Waals surface area (Å²) >= 11 is 6.13. The molecule has 0 spiro atoms. The number of hydrogen-bond donors (Lipinski definition) is 2. The van der Waals surface area contributed by atoms with Gasteiger partial charge >= 0.3 is 0 Å². The van der Waals surface area contributed by atoms with Gasteiger partial charge in [-0.2, -0.15) is 4.31 Å². The van der Waals surface area contributed by atoms with Crippen LogP contribution >= 0.6 is 11.6 Å². The summed E-state index contributed by atoms with van der Waals surface area (Å²) in [6.07, 6.45) is -0.231. The normalized spacial score (nSPS) is 17.3. The lowest BCUT2D eigenvalue weighted by Crippen LogP contribution is -2.43. The van der Waals surface area contributed by atoms with E-state index < -0.39 is 16.1 Å². The fourth-order valence-electron chi connectivity index (χ4n) is 4.62. The number of β-amino-alcohol motifs (C(OH)–C–C–N with tert-alkyl or cyclic N) is 1. The van der Waals surface area contributed by atoms with E-state index in [4.69, 9.17) is 16.1 Å². The molecule has 0 saturated carbocycles. The van der Waals surface area contributed by atoms with Gasteiger partial charge in [-0.05, 0) is 38.0 Å². The average Bonchev–Trinajstić information content (AvgIpc) is 3.44. The van der Waals surface area contributed by atoms with E-state index in [1.807, 2.05) is 35.2 Å². The van der Waals surface area contributed by atoms with Crippen LogP contribution in [0.3, 0.4) is 0 Å². The van der Waals surface area contributed by atoms with Gasteiger partial charge in [0.1, 0.15) is 10.6 Å². The molecule has 11 heteroatoms. The molecule has 1 aromatic heterocycles. The minimum absolute atomic E-state index is 0.0270. The molecule has 1 aliphatic rings. The highest BCUT2D eigenvalue weighted by Gasteiger charge is 2.33. The summed E-state index contributed by atoms with van der Waals surface area (Å²) in [5.74, 6) is -0.0284. The number of amides is 1. The minimum atomic E-state index is -3.98. The highest BCUT2D eigenvalue weighted by Crippen LogP contribution is 2.25. The Hall–Kier alpha value is -2.76. The quantitative estimate of drug-likeness (QED) is 0.401. The molecule has 2 N–H and O–H groups in total. The van der Waals surface area contributed by atoms with Gasteiger partial charge in [0.05, 0.1) is 16.7 Å². The molecule has 0 bridgehead atoms. The van der Waals surface area contributed by atoms with Gasteiger partial charge in [-0.1, -0.05) is 59.2 Å². The number of nitrogens with one attached hydrogen (secondary N) is 1. The SMILES string of the molecule is Cc1noc(C)c1S(=O)(=O)N(Cc1ccccc1)CC(O)CN1CCC(NC(=O)c2ccccc2Cl)C1. The van der Waals surface area contributed by atoms with Crippen molar-refractivity contribution in [2.45, 2.75) is 43.9 Å². The molecule has 0 radical (unpaired) electrons. The average molecular weight is 547 g/mol. The van der Waals surface area contributed by atoms with Gasteiger partial charge in [0, 0.05) is 38.8 Å². The second-order valence-electron chi connectivity index (χ2n) is 9.29. The molecule has 2 atom stereocenters. The van der Waals surface area contributed by atoms with Crippen LogP contribution in [0, 0.1) is 13.8 Å². The molecule has 1 fully saturated rings. The Labute approximate surface area is 222 Å². The smallest absolute Gasteiger partial charge is 0.253 e. The van der Waals surface area contributed by atoms with Crippen LogP contribution in [-0.4, -0.2) is 72.1 Å². The summed E-state index contributed by atoms with van der Waals surface area (Å²) in [6, 6.07) is 16.0. The summed E-state index contributed by atoms with van der Waals surface area (Å²) in [5, 5.41) is 18.1. The van der Waals surface area contributed by atoms with Crippen molar-refractivity contribution in [3.8, 4) is 0 Å². The molecule has 1 saturated heterocycles. The number of aliphatic hydroxyl groups excluding tert-OH is 1. The van der Waals surface area contributed by atoms with Crippen molar-refractivity contribution in [3.05, 3.63) is 82.2 Å². The fraction of sp³-hybridized carbons (Fsp3) is 0.385. The molecule has 2 heterocycles.